The number of rotatable bonds is 5. The molecule has 1 aromatic rings. The lowest BCUT2D eigenvalue weighted by Crippen LogP contribution is -2.23. The second-order valence-corrected chi connectivity index (χ2v) is 6.56. The summed E-state index contributed by atoms with van der Waals surface area (Å²) in [5, 5.41) is 0. The molecule has 0 amide bonds. The summed E-state index contributed by atoms with van der Waals surface area (Å²) in [5.74, 6) is 0.970. The van der Waals surface area contributed by atoms with Crippen LogP contribution in [0.2, 0.25) is 0 Å². The van der Waals surface area contributed by atoms with Gasteiger partial charge in [-0.25, -0.2) is 0 Å². The van der Waals surface area contributed by atoms with E-state index in [1.807, 2.05) is 0 Å². The Balaban J connectivity index is 1.72. The number of hydrogen-bond acceptors (Lipinski definition) is 1. The summed E-state index contributed by atoms with van der Waals surface area (Å²) in [6, 6.07) is 9.09. The first-order valence-electron chi connectivity index (χ1n) is 6.74. The van der Waals surface area contributed by atoms with Crippen molar-refractivity contribution in [1.29, 1.82) is 0 Å². The molecule has 1 atom stereocenters. The minimum atomic E-state index is 0.343. The molecule has 1 aliphatic carbocycles. The lowest BCUT2D eigenvalue weighted by Gasteiger charge is -2.14. The lowest BCUT2D eigenvalue weighted by atomic mass is 9.96. The van der Waals surface area contributed by atoms with Crippen LogP contribution in [0.4, 0.5) is 0 Å². The highest BCUT2D eigenvalue weighted by Gasteiger charge is 2.16. The molecule has 1 fully saturated rings. The molecule has 1 nitrogen and oxygen atoms in total. The molecule has 2 N–H and O–H groups in total. The van der Waals surface area contributed by atoms with Crippen LogP contribution in [0.1, 0.15) is 44.1 Å². The minimum Gasteiger partial charge on any atom is -0.327 e. The highest BCUT2D eigenvalue weighted by Crippen LogP contribution is 2.29. The third-order valence-electron chi connectivity index (χ3n) is 3.83. The standard InChI is InChI=1S/C15H22IN/c16-14-8-5-13(6-9-14)11-15(17)10-7-12-3-1-2-4-12/h5-6,8-9,12,15H,1-4,7,10-11,17H2. The van der Waals surface area contributed by atoms with Crippen LogP contribution in [-0.4, -0.2) is 6.04 Å². The zero-order chi connectivity index (χ0) is 12.1. The van der Waals surface area contributed by atoms with Gasteiger partial charge in [-0.1, -0.05) is 37.8 Å². The molecule has 94 valence electrons. The van der Waals surface area contributed by atoms with Gasteiger partial charge in [0, 0.05) is 9.61 Å². The van der Waals surface area contributed by atoms with E-state index in [0.717, 1.165) is 12.3 Å². The van der Waals surface area contributed by atoms with E-state index in [0.29, 0.717) is 6.04 Å². The average Bonchev–Trinajstić information content (AvgIpc) is 2.83. The van der Waals surface area contributed by atoms with Gasteiger partial charge in [0.25, 0.3) is 0 Å². The van der Waals surface area contributed by atoms with Crippen molar-refractivity contribution in [2.24, 2.45) is 11.7 Å². The Morgan fingerprint density at radius 3 is 2.47 bits per heavy atom. The quantitative estimate of drug-likeness (QED) is 0.800. The van der Waals surface area contributed by atoms with E-state index in [1.165, 1.54) is 47.7 Å². The summed E-state index contributed by atoms with van der Waals surface area (Å²) < 4.78 is 1.30. The molecule has 1 saturated carbocycles. The predicted octanol–water partition coefficient (Wildman–Crippen LogP) is 4.13. The van der Waals surface area contributed by atoms with Crippen LogP contribution in [0.15, 0.2) is 24.3 Å². The SMILES string of the molecule is NC(CCC1CCCC1)Cc1ccc(I)cc1. The Kier molecular flexibility index (Phi) is 5.29. The second kappa shape index (κ2) is 6.74. The average molecular weight is 343 g/mol. The fraction of sp³-hybridized carbons (Fsp3) is 0.600. The van der Waals surface area contributed by atoms with E-state index in [9.17, 15) is 0 Å². The van der Waals surface area contributed by atoms with E-state index >= 15 is 0 Å². The fourth-order valence-corrected chi connectivity index (χ4v) is 3.13. The molecule has 0 radical (unpaired) electrons. The first kappa shape index (κ1) is 13.3. The molecule has 0 bridgehead atoms. The van der Waals surface area contributed by atoms with Crippen molar-refractivity contribution >= 4 is 22.6 Å². The summed E-state index contributed by atoms with van der Waals surface area (Å²) in [6.45, 7) is 0. The van der Waals surface area contributed by atoms with E-state index in [-0.39, 0.29) is 0 Å². The molecule has 0 spiro atoms. The van der Waals surface area contributed by atoms with Crippen LogP contribution >= 0.6 is 22.6 Å². The molecule has 1 aromatic carbocycles. The molecule has 1 unspecified atom stereocenters. The van der Waals surface area contributed by atoms with Crippen molar-refractivity contribution in [1.82, 2.24) is 0 Å². The summed E-state index contributed by atoms with van der Waals surface area (Å²) in [6.07, 6.45) is 9.33. The van der Waals surface area contributed by atoms with Crippen molar-refractivity contribution < 1.29 is 0 Å². The van der Waals surface area contributed by atoms with Crippen LogP contribution in [0.5, 0.6) is 0 Å². The Morgan fingerprint density at radius 1 is 1.18 bits per heavy atom. The van der Waals surface area contributed by atoms with E-state index in [4.69, 9.17) is 5.73 Å². The third kappa shape index (κ3) is 4.59. The molecule has 2 rings (SSSR count). The van der Waals surface area contributed by atoms with Gasteiger partial charge in [0.1, 0.15) is 0 Å². The molecule has 1 aliphatic rings. The zero-order valence-electron chi connectivity index (χ0n) is 10.4. The normalized spacial score (nSPS) is 18.5. The lowest BCUT2D eigenvalue weighted by molar-refractivity contribution is 0.447. The highest BCUT2D eigenvalue weighted by molar-refractivity contribution is 14.1. The Bertz CT molecular complexity index is 327. The maximum Gasteiger partial charge on any atom is 0.0130 e. The monoisotopic (exact) mass is 343 g/mol. The van der Waals surface area contributed by atoms with Crippen LogP contribution in [0, 0.1) is 9.49 Å². The largest absolute Gasteiger partial charge is 0.327 e. The fourth-order valence-electron chi connectivity index (χ4n) is 2.77. The van der Waals surface area contributed by atoms with E-state index < -0.39 is 0 Å². The summed E-state index contributed by atoms with van der Waals surface area (Å²) in [5.41, 5.74) is 7.60. The zero-order valence-corrected chi connectivity index (χ0v) is 12.5. The van der Waals surface area contributed by atoms with Gasteiger partial charge in [-0.05, 0) is 65.5 Å². The molecule has 0 aromatic heterocycles. The highest BCUT2D eigenvalue weighted by atomic mass is 127. The number of hydrogen-bond donors (Lipinski definition) is 1. The maximum absolute atomic E-state index is 6.22. The summed E-state index contributed by atoms with van der Waals surface area (Å²) >= 11 is 2.34. The number of nitrogens with two attached hydrogens (primary N) is 1. The van der Waals surface area contributed by atoms with Gasteiger partial charge in [-0.3, -0.25) is 0 Å². The Labute approximate surface area is 118 Å². The van der Waals surface area contributed by atoms with Crippen molar-refractivity contribution in [3.63, 3.8) is 0 Å². The van der Waals surface area contributed by atoms with Crippen molar-refractivity contribution in [3.8, 4) is 0 Å². The molecule has 17 heavy (non-hydrogen) atoms. The summed E-state index contributed by atoms with van der Waals surface area (Å²) in [7, 11) is 0. The maximum atomic E-state index is 6.22. The van der Waals surface area contributed by atoms with Gasteiger partial charge in [-0.2, -0.15) is 0 Å². The topological polar surface area (TPSA) is 26.0 Å². The van der Waals surface area contributed by atoms with Crippen LogP contribution in [0.25, 0.3) is 0 Å². The Morgan fingerprint density at radius 2 is 1.82 bits per heavy atom. The predicted molar refractivity (Wildman–Crippen MR) is 82.0 cm³/mol. The van der Waals surface area contributed by atoms with Crippen molar-refractivity contribution in [2.45, 2.75) is 51.0 Å². The Hall–Kier alpha value is -0.0900. The smallest absolute Gasteiger partial charge is 0.0130 e. The molecule has 0 aliphatic heterocycles. The van der Waals surface area contributed by atoms with Crippen LogP contribution in [0.3, 0.4) is 0 Å². The number of halogens is 1. The first-order valence-corrected chi connectivity index (χ1v) is 7.82. The molecule has 0 saturated heterocycles. The van der Waals surface area contributed by atoms with E-state index in [1.54, 1.807) is 0 Å². The van der Waals surface area contributed by atoms with Gasteiger partial charge < -0.3 is 5.73 Å². The van der Waals surface area contributed by atoms with Gasteiger partial charge >= 0.3 is 0 Å². The van der Waals surface area contributed by atoms with Gasteiger partial charge in [0.05, 0.1) is 0 Å². The molecule has 2 heteroatoms. The van der Waals surface area contributed by atoms with Crippen LogP contribution in [-0.2, 0) is 6.42 Å². The number of benzene rings is 1. The van der Waals surface area contributed by atoms with E-state index in [2.05, 4.69) is 46.9 Å². The third-order valence-corrected chi connectivity index (χ3v) is 4.55. The van der Waals surface area contributed by atoms with Crippen molar-refractivity contribution in [3.05, 3.63) is 33.4 Å². The first-order chi connectivity index (χ1) is 8.24. The van der Waals surface area contributed by atoms with Gasteiger partial charge in [0.2, 0.25) is 0 Å². The van der Waals surface area contributed by atoms with Crippen molar-refractivity contribution in [2.75, 3.05) is 0 Å². The van der Waals surface area contributed by atoms with Gasteiger partial charge in [0.15, 0.2) is 0 Å². The molecule has 0 heterocycles. The molecular formula is C15H22IN. The van der Waals surface area contributed by atoms with Gasteiger partial charge in [-0.15, -0.1) is 0 Å². The minimum absolute atomic E-state index is 0.343. The van der Waals surface area contributed by atoms with Crippen LogP contribution < -0.4 is 5.73 Å². The molecular weight excluding hydrogens is 321 g/mol. The summed E-state index contributed by atoms with van der Waals surface area (Å²) in [4.78, 5) is 0. The second-order valence-electron chi connectivity index (χ2n) is 5.32.